The maximum Gasteiger partial charge on any atom is 0.272 e. The van der Waals surface area contributed by atoms with Gasteiger partial charge in [0, 0.05) is 45.9 Å². The summed E-state index contributed by atoms with van der Waals surface area (Å²) in [4.78, 5) is 50.1. The van der Waals surface area contributed by atoms with Crippen molar-refractivity contribution in [3.63, 3.8) is 0 Å². The monoisotopic (exact) mass is 364 g/mol. The first kappa shape index (κ1) is 19.4. The number of carbonyl (C=O) groups is 4. The fraction of sp³-hybridized carbons (Fsp3) is 0.412. The Kier molecular flexibility index (Phi) is 6.65. The molecule has 0 unspecified atom stereocenters. The lowest BCUT2D eigenvalue weighted by Crippen LogP contribution is -2.50. The second kappa shape index (κ2) is 8.93. The zero-order chi connectivity index (χ0) is 19.1. The molecule has 1 aromatic carbocycles. The highest BCUT2D eigenvalue weighted by molar-refractivity contribution is 5.95. The number of nitrogens with one attached hydrogen (secondary N) is 2. The highest BCUT2D eigenvalue weighted by Gasteiger charge is 2.22. The lowest BCUT2D eigenvalue weighted by Gasteiger charge is -2.34. The minimum Gasteiger partial charge on any atom is -0.339 e. The zero-order valence-electron chi connectivity index (χ0n) is 14.5. The lowest BCUT2D eigenvalue weighted by atomic mass is 10.2. The van der Waals surface area contributed by atoms with Gasteiger partial charge >= 0.3 is 0 Å². The van der Waals surface area contributed by atoms with Crippen molar-refractivity contribution >= 4 is 23.6 Å². The number of rotatable bonds is 4. The third kappa shape index (κ3) is 5.27. The molecule has 1 fully saturated rings. The first-order valence-corrected chi connectivity index (χ1v) is 8.25. The van der Waals surface area contributed by atoms with Crippen molar-refractivity contribution in [3.8, 4) is 0 Å². The van der Waals surface area contributed by atoms with Gasteiger partial charge in [0.1, 0.15) is 5.82 Å². The Bertz CT molecular complexity index is 702. The van der Waals surface area contributed by atoms with E-state index >= 15 is 0 Å². The fourth-order valence-corrected chi connectivity index (χ4v) is 2.55. The molecule has 0 spiro atoms. The summed E-state index contributed by atoms with van der Waals surface area (Å²) in [6.07, 6.45) is -0.120. The van der Waals surface area contributed by atoms with E-state index in [0.29, 0.717) is 26.2 Å². The molecule has 0 saturated carbocycles. The van der Waals surface area contributed by atoms with E-state index in [1.165, 1.54) is 25.1 Å². The van der Waals surface area contributed by atoms with E-state index in [1.807, 2.05) is 0 Å². The highest BCUT2D eigenvalue weighted by Crippen LogP contribution is 2.06. The van der Waals surface area contributed by atoms with Gasteiger partial charge in [0.05, 0.1) is 5.56 Å². The van der Waals surface area contributed by atoms with Gasteiger partial charge in [0.15, 0.2) is 0 Å². The molecular formula is C17H21FN4O4. The Morgan fingerprint density at radius 2 is 1.58 bits per heavy atom. The zero-order valence-corrected chi connectivity index (χ0v) is 14.5. The predicted octanol–water partition coefficient (Wildman–Crippen LogP) is 0.0576. The van der Waals surface area contributed by atoms with Crippen molar-refractivity contribution in [2.75, 3.05) is 26.2 Å². The molecule has 1 saturated heterocycles. The van der Waals surface area contributed by atoms with E-state index in [0.717, 1.165) is 6.07 Å². The summed E-state index contributed by atoms with van der Waals surface area (Å²) in [5.41, 5.74) is 4.09. The van der Waals surface area contributed by atoms with Crippen molar-refractivity contribution in [2.24, 2.45) is 0 Å². The maximum atomic E-state index is 13.5. The van der Waals surface area contributed by atoms with E-state index in [-0.39, 0.29) is 30.2 Å². The van der Waals surface area contributed by atoms with Crippen LogP contribution >= 0.6 is 0 Å². The number of carbonyl (C=O) groups excluding carboxylic acids is 4. The van der Waals surface area contributed by atoms with Gasteiger partial charge in [0.2, 0.25) is 17.7 Å². The molecule has 1 aliphatic heterocycles. The summed E-state index contributed by atoms with van der Waals surface area (Å²) < 4.78 is 13.5. The minimum absolute atomic E-state index is 0.0124. The summed E-state index contributed by atoms with van der Waals surface area (Å²) in [6.45, 7) is 3.31. The van der Waals surface area contributed by atoms with Crippen LogP contribution in [-0.2, 0) is 14.4 Å². The summed E-state index contributed by atoms with van der Waals surface area (Å²) in [5, 5.41) is 0. The molecule has 1 aliphatic rings. The molecule has 8 nitrogen and oxygen atoms in total. The quantitative estimate of drug-likeness (QED) is 0.738. The van der Waals surface area contributed by atoms with Crippen LogP contribution in [0.4, 0.5) is 4.39 Å². The average Bonchev–Trinajstić information content (AvgIpc) is 2.64. The largest absolute Gasteiger partial charge is 0.339 e. The number of hydrogen-bond acceptors (Lipinski definition) is 4. The molecule has 140 valence electrons. The molecule has 26 heavy (non-hydrogen) atoms. The van der Waals surface area contributed by atoms with E-state index in [4.69, 9.17) is 0 Å². The molecule has 4 amide bonds. The van der Waals surface area contributed by atoms with Crippen LogP contribution in [0.1, 0.15) is 30.1 Å². The normalized spacial score (nSPS) is 13.9. The molecule has 0 aliphatic carbocycles. The van der Waals surface area contributed by atoms with Gasteiger partial charge < -0.3 is 9.80 Å². The van der Waals surface area contributed by atoms with Crippen LogP contribution in [0.25, 0.3) is 0 Å². The van der Waals surface area contributed by atoms with E-state index in [1.54, 1.807) is 9.80 Å². The number of nitrogens with zero attached hydrogens (tertiary/aromatic N) is 2. The number of piperazine rings is 1. The number of hydrogen-bond donors (Lipinski definition) is 2. The van der Waals surface area contributed by atoms with Gasteiger partial charge in [-0.3, -0.25) is 30.0 Å². The SMILES string of the molecule is CC(=O)N1CCN(C(=O)CCC(=O)NNC(=O)c2ccccc2F)CC1. The number of benzene rings is 1. The Morgan fingerprint density at radius 1 is 0.962 bits per heavy atom. The molecule has 0 atom stereocenters. The predicted molar refractivity (Wildman–Crippen MR) is 90.1 cm³/mol. The van der Waals surface area contributed by atoms with Crippen molar-refractivity contribution in [3.05, 3.63) is 35.6 Å². The second-order valence-electron chi connectivity index (χ2n) is 5.87. The molecule has 1 aromatic rings. The van der Waals surface area contributed by atoms with E-state index in [2.05, 4.69) is 10.9 Å². The third-order valence-corrected chi connectivity index (χ3v) is 4.08. The van der Waals surface area contributed by atoms with Crippen LogP contribution < -0.4 is 10.9 Å². The van der Waals surface area contributed by atoms with Crippen LogP contribution in [0, 0.1) is 5.82 Å². The Hall–Kier alpha value is -2.97. The summed E-state index contributed by atoms with van der Waals surface area (Å²) in [6, 6.07) is 5.39. The molecule has 2 rings (SSSR count). The molecule has 1 heterocycles. The molecule has 0 aromatic heterocycles. The van der Waals surface area contributed by atoms with Gasteiger partial charge in [-0.2, -0.15) is 0 Å². The Morgan fingerprint density at radius 3 is 2.19 bits per heavy atom. The molecule has 0 radical (unpaired) electrons. The topological polar surface area (TPSA) is 98.8 Å². The van der Waals surface area contributed by atoms with Crippen molar-refractivity contribution < 1.29 is 23.6 Å². The highest BCUT2D eigenvalue weighted by atomic mass is 19.1. The van der Waals surface area contributed by atoms with Gasteiger partial charge in [0.25, 0.3) is 5.91 Å². The number of amides is 4. The molecular weight excluding hydrogens is 343 g/mol. The number of hydrazine groups is 1. The van der Waals surface area contributed by atoms with E-state index in [9.17, 15) is 23.6 Å². The van der Waals surface area contributed by atoms with Crippen molar-refractivity contribution in [1.29, 1.82) is 0 Å². The second-order valence-corrected chi connectivity index (χ2v) is 5.87. The van der Waals surface area contributed by atoms with Crippen LogP contribution in [0.15, 0.2) is 24.3 Å². The van der Waals surface area contributed by atoms with Gasteiger partial charge in [-0.1, -0.05) is 12.1 Å². The summed E-state index contributed by atoms with van der Waals surface area (Å²) in [7, 11) is 0. The third-order valence-electron chi connectivity index (χ3n) is 4.08. The summed E-state index contributed by atoms with van der Waals surface area (Å²) >= 11 is 0. The van der Waals surface area contributed by atoms with E-state index < -0.39 is 17.6 Å². The molecule has 9 heteroatoms. The summed E-state index contributed by atoms with van der Waals surface area (Å²) in [5.74, 6) is -2.24. The maximum absolute atomic E-state index is 13.5. The smallest absolute Gasteiger partial charge is 0.272 e. The fourth-order valence-electron chi connectivity index (χ4n) is 2.55. The Balaban J connectivity index is 1.70. The molecule has 0 bridgehead atoms. The molecule has 2 N–H and O–H groups in total. The van der Waals surface area contributed by atoms with Crippen LogP contribution in [0.3, 0.4) is 0 Å². The van der Waals surface area contributed by atoms with Gasteiger partial charge in [-0.25, -0.2) is 4.39 Å². The van der Waals surface area contributed by atoms with Gasteiger partial charge in [-0.05, 0) is 12.1 Å². The van der Waals surface area contributed by atoms with Crippen molar-refractivity contribution in [2.45, 2.75) is 19.8 Å². The standard InChI is InChI=1S/C17H21FN4O4/c1-12(23)21-8-10-22(11-9-21)16(25)7-6-15(24)19-20-17(26)13-4-2-3-5-14(13)18/h2-5H,6-11H2,1H3,(H,19,24)(H,20,26). The van der Waals surface area contributed by atoms with Crippen molar-refractivity contribution in [1.82, 2.24) is 20.7 Å². The van der Waals surface area contributed by atoms with Gasteiger partial charge in [-0.15, -0.1) is 0 Å². The number of halogens is 1. The van der Waals surface area contributed by atoms with Crippen LogP contribution in [0.5, 0.6) is 0 Å². The first-order chi connectivity index (χ1) is 12.4. The lowest BCUT2D eigenvalue weighted by molar-refractivity contribution is -0.139. The van der Waals surface area contributed by atoms with Crippen LogP contribution in [-0.4, -0.2) is 59.6 Å². The minimum atomic E-state index is -0.775. The Labute approximate surface area is 150 Å². The first-order valence-electron chi connectivity index (χ1n) is 8.25. The average molecular weight is 364 g/mol. The van der Waals surface area contributed by atoms with Crippen LogP contribution in [0.2, 0.25) is 0 Å².